The first kappa shape index (κ1) is 18.2. The quantitative estimate of drug-likeness (QED) is 0.709. The smallest absolute Gasteiger partial charge is 0.433 e. The van der Waals surface area contributed by atoms with E-state index >= 15 is 0 Å². The van der Waals surface area contributed by atoms with Gasteiger partial charge in [0.2, 0.25) is 0 Å². The minimum Gasteiger partial charge on any atom is -0.466 e. The first-order chi connectivity index (χ1) is 12.3. The number of carbonyl (C=O) groups is 1. The van der Waals surface area contributed by atoms with Gasteiger partial charge in [-0.15, -0.1) is 11.3 Å². The number of amides is 1. The molecule has 0 saturated heterocycles. The summed E-state index contributed by atoms with van der Waals surface area (Å²) in [6.07, 6.45) is -2.33. The highest BCUT2D eigenvalue weighted by Gasteiger charge is 2.36. The fourth-order valence-electron chi connectivity index (χ4n) is 2.33. The van der Waals surface area contributed by atoms with Crippen LogP contribution in [0.3, 0.4) is 0 Å². The zero-order chi connectivity index (χ0) is 18.8. The Bertz CT molecular complexity index is 826. The summed E-state index contributed by atoms with van der Waals surface area (Å²) in [5.41, 5.74) is -2.72. The summed E-state index contributed by atoms with van der Waals surface area (Å²) in [4.78, 5) is 16.0. The van der Waals surface area contributed by atoms with Crippen LogP contribution in [0.1, 0.15) is 26.7 Å². The molecule has 0 saturated carbocycles. The Labute approximate surface area is 150 Å². The molecule has 9 heteroatoms. The van der Waals surface area contributed by atoms with Crippen LogP contribution in [-0.4, -0.2) is 22.5 Å². The first-order valence-corrected chi connectivity index (χ1v) is 8.30. The summed E-state index contributed by atoms with van der Waals surface area (Å²) in [7, 11) is 0. The molecule has 3 aromatic rings. The number of nitrogens with one attached hydrogen (secondary N) is 1. The molecule has 26 heavy (non-hydrogen) atoms. The average molecular weight is 382 g/mol. The summed E-state index contributed by atoms with van der Waals surface area (Å²) in [5, 5.41) is 15.3. The Kier molecular flexibility index (Phi) is 4.84. The van der Waals surface area contributed by atoms with Gasteiger partial charge >= 0.3 is 6.18 Å². The van der Waals surface area contributed by atoms with Crippen molar-refractivity contribution in [2.45, 2.75) is 11.8 Å². The van der Waals surface area contributed by atoms with Crippen LogP contribution in [0.5, 0.6) is 0 Å². The van der Waals surface area contributed by atoms with E-state index in [9.17, 15) is 23.1 Å². The van der Waals surface area contributed by atoms with E-state index in [-0.39, 0.29) is 17.9 Å². The zero-order valence-electron chi connectivity index (χ0n) is 13.2. The van der Waals surface area contributed by atoms with Gasteiger partial charge in [0.1, 0.15) is 11.5 Å². The van der Waals surface area contributed by atoms with Gasteiger partial charge in [-0.25, -0.2) is 0 Å². The fraction of sp³-hybridized carbons (Fsp3) is 0.176. The van der Waals surface area contributed by atoms with Crippen molar-refractivity contribution in [2.75, 3.05) is 6.54 Å². The molecule has 3 aromatic heterocycles. The summed E-state index contributed by atoms with van der Waals surface area (Å²) >= 11 is 1.28. The number of halogens is 3. The second kappa shape index (κ2) is 6.93. The standard InChI is InChI=1S/C17H13F3N2O3S/c18-17(19,20)12-6-5-11(9-21-12)15(23)22-10-16(24,13-3-1-7-25-13)14-4-2-8-26-14/h1-9,24H,10H2,(H,22,23). The van der Waals surface area contributed by atoms with Gasteiger partial charge in [0.05, 0.1) is 18.4 Å². The van der Waals surface area contributed by atoms with Crippen molar-refractivity contribution in [3.63, 3.8) is 0 Å². The molecule has 0 radical (unpaired) electrons. The molecule has 136 valence electrons. The molecule has 2 N–H and O–H groups in total. The number of hydrogen-bond acceptors (Lipinski definition) is 5. The molecule has 1 unspecified atom stereocenters. The molecule has 0 aliphatic rings. The Morgan fingerprint density at radius 2 is 2.04 bits per heavy atom. The lowest BCUT2D eigenvalue weighted by molar-refractivity contribution is -0.141. The number of pyridine rings is 1. The van der Waals surface area contributed by atoms with E-state index in [1.54, 1.807) is 29.6 Å². The van der Waals surface area contributed by atoms with E-state index in [2.05, 4.69) is 10.3 Å². The lowest BCUT2D eigenvalue weighted by Crippen LogP contribution is -2.41. The van der Waals surface area contributed by atoms with Crippen molar-refractivity contribution in [1.82, 2.24) is 10.3 Å². The lowest BCUT2D eigenvalue weighted by Gasteiger charge is -2.25. The number of aromatic nitrogens is 1. The lowest BCUT2D eigenvalue weighted by atomic mass is 9.98. The number of furan rings is 1. The van der Waals surface area contributed by atoms with Crippen LogP contribution in [0.25, 0.3) is 0 Å². The number of alkyl halides is 3. The van der Waals surface area contributed by atoms with Gasteiger partial charge in [0.25, 0.3) is 5.91 Å². The summed E-state index contributed by atoms with van der Waals surface area (Å²) in [5.74, 6) is -0.418. The van der Waals surface area contributed by atoms with E-state index in [1.165, 1.54) is 17.6 Å². The zero-order valence-corrected chi connectivity index (χ0v) is 14.0. The molecule has 0 bridgehead atoms. The van der Waals surface area contributed by atoms with Crippen molar-refractivity contribution in [1.29, 1.82) is 0 Å². The van der Waals surface area contributed by atoms with Crippen molar-refractivity contribution in [3.8, 4) is 0 Å². The van der Waals surface area contributed by atoms with Crippen LogP contribution in [0.2, 0.25) is 0 Å². The van der Waals surface area contributed by atoms with E-state index in [0.717, 1.165) is 18.3 Å². The second-order valence-corrected chi connectivity index (χ2v) is 6.38. The topological polar surface area (TPSA) is 75.4 Å². The molecule has 0 fully saturated rings. The van der Waals surface area contributed by atoms with E-state index in [0.29, 0.717) is 4.88 Å². The van der Waals surface area contributed by atoms with E-state index in [1.807, 2.05) is 0 Å². The molecule has 0 aromatic carbocycles. The number of aliphatic hydroxyl groups is 1. The van der Waals surface area contributed by atoms with Gasteiger partial charge < -0.3 is 14.8 Å². The number of carbonyl (C=O) groups excluding carboxylic acids is 1. The number of thiophene rings is 1. The Hall–Kier alpha value is -2.65. The third kappa shape index (κ3) is 3.63. The first-order valence-electron chi connectivity index (χ1n) is 7.42. The van der Waals surface area contributed by atoms with Crippen LogP contribution in [-0.2, 0) is 11.8 Å². The summed E-state index contributed by atoms with van der Waals surface area (Å²) in [6, 6.07) is 8.38. The van der Waals surface area contributed by atoms with Crippen molar-refractivity contribution < 1.29 is 27.5 Å². The largest absolute Gasteiger partial charge is 0.466 e. The van der Waals surface area contributed by atoms with Gasteiger partial charge in [-0.3, -0.25) is 9.78 Å². The molecule has 3 rings (SSSR count). The molecule has 1 atom stereocenters. The highest BCUT2D eigenvalue weighted by atomic mass is 32.1. The third-order valence-electron chi connectivity index (χ3n) is 3.68. The molecule has 3 heterocycles. The number of rotatable bonds is 5. The SMILES string of the molecule is O=C(NCC(O)(c1ccco1)c1cccs1)c1ccc(C(F)(F)F)nc1. The minimum absolute atomic E-state index is 0.0500. The van der Waals surface area contributed by atoms with Crippen LogP contribution in [0.4, 0.5) is 13.2 Å². The van der Waals surface area contributed by atoms with Crippen LogP contribution >= 0.6 is 11.3 Å². The van der Waals surface area contributed by atoms with Crippen molar-refractivity contribution in [2.24, 2.45) is 0 Å². The van der Waals surface area contributed by atoms with Crippen LogP contribution in [0, 0.1) is 0 Å². The molecular weight excluding hydrogens is 369 g/mol. The summed E-state index contributed by atoms with van der Waals surface area (Å²) < 4.78 is 42.9. The summed E-state index contributed by atoms with van der Waals surface area (Å²) in [6.45, 7) is -0.221. The maximum atomic E-state index is 12.5. The monoisotopic (exact) mass is 382 g/mol. The van der Waals surface area contributed by atoms with Crippen molar-refractivity contribution in [3.05, 3.63) is 76.1 Å². The Morgan fingerprint density at radius 1 is 1.23 bits per heavy atom. The predicted molar refractivity (Wildman–Crippen MR) is 87.6 cm³/mol. The fourth-order valence-corrected chi connectivity index (χ4v) is 3.16. The number of nitrogens with zero attached hydrogens (tertiary/aromatic N) is 1. The molecule has 1 amide bonds. The molecule has 0 aliphatic heterocycles. The average Bonchev–Trinajstić information content (AvgIpc) is 3.32. The van der Waals surface area contributed by atoms with Gasteiger partial charge in [0.15, 0.2) is 5.60 Å². The molecular formula is C17H13F3N2O3S. The molecule has 0 spiro atoms. The van der Waals surface area contributed by atoms with Crippen molar-refractivity contribution >= 4 is 17.2 Å². The van der Waals surface area contributed by atoms with Gasteiger partial charge in [-0.2, -0.15) is 13.2 Å². The van der Waals surface area contributed by atoms with E-state index < -0.39 is 23.4 Å². The predicted octanol–water partition coefficient (Wildman–Crippen LogP) is 3.42. The highest BCUT2D eigenvalue weighted by Crippen LogP contribution is 2.32. The highest BCUT2D eigenvalue weighted by molar-refractivity contribution is 7.10. The Morgan fingerprint density at radius 3 is 2.58 bits per heavy atom. The molecule has 0 aliphatic carbocycles. The minimum atomic E-state index is -4.58. The van der Waals surface area contributed by atoms with Gasteiger partial charge in [0, 0.05) is 11.1 Å². The van der Waals surface area contributed by atoms with Crippen LogP contribution < -0.4 is 5.32 Å². The normalized spacial score (nSPS) is 14.0. The van der Waals surface area contributed by atoms with Gasteiger partial charge in [-0.1, -0.05) is 6.07 Å². The van der Waals surface area contributed by atoms with Crippen LogP contribution in [0.15, 0.2) is 58.7 Å². The van der Waals surface area contributed by atoms with Gasteiger partial charge in [-0.05, 0) is 35.7 Å². The second-order valence-electron chi connectivity index (χ2n) is 5.43. The number of hydrogen-bond donors (Lipinski definition) is 2. The maximum absolute atomic E-state index is 12.5. The van der Waals surface area contributed by atoms with E-state index in [4.69, 9.17) is 4.42 Å². The third-order valence-corrected chi connectivity index (χ3v) is 4.70. The maximum Gasteiger partial charge on any atom is 0.433 e. The molecule has 5 nitrogen and oxygen atoms in total. The Balaban J connectivity index is 1.76.